The zero-order valence-corrected chi connectivity index (χ0v) is 11.7. The number of esters is 1. The first-order valence-corrected chi connectivity index (χ1v) is 6.10. The summed E-state index contributed by atoms with van der Waals surface area (Å²) >= 11 is 0. The Kier molecular flexibility index (Phi) is 4.20. The van der Waals surface area contributed by atoms with E-state index >= 15 is 0 Å². The SMILES string of the molecule is COC(=O)c1ccnc(Oc2cccc(N(C)C)c2)c1. The van der Waals surface area contributed by atoms with Crippen LogP contribution in [0.15, 0.2) is 42.6 Å². The van der Waals surface area contributed by atoms with E-state index in [-0.39, 0.29) is 0 Å². The van der Waals surface area contributed by atoms with Crippen molar-refractivity contribution >= 4 is 11.7 Å². The van der Waals surface area contributed by atoms with E-state index in [9.17, 15) is 4.79 Å². The third-order valence-corrected chi connectivity index (χ3v) is 2.71. The van der Waals surface area contributed by atoms with Crippen molar-refractivity contribution in [1.29, 1.82) is 0 Å². The zero-order chi connectivity index (χ0) is 14.5. The quantitative estimate of drug-likeness (QED) is 0.801. The number of carbonyl (C=O) groups is 1. The number of carbonyl (C=O) groups excluding carboxylic acids is 1. The highest BCUT2D eigenvalue weighted by atomic mass is 16.5. The summed E-state index contributed by atoms with van der Waals surface area (Å²) < 4.78 is 10.3. The van der Waals surface area contributed by atoms with Crippen LogP contribution >= 0.6 is 0 Å². The van der Waals surface area contributed by atoms with Gasteiger partial charge in [-0.3, -0.25) is 0 Å². The van der Waals surface area contributed by atoms with Gasteiger partial charge in [-0.05, 0) is 18.2 Å². The number of nitrogens with zero attached hydrogens (tertiary/aromatic N) is 2. The molecular weight excluding hydrogens is 256 g/mol. The Hall–Kier alpha value is -2.56. The van der Waals surface area contributed by atoms with Crippen LogP contribution in [0.5, 0.6) is 11.6 Å². The number of aromatic nitrogens is 1. The third-order valence-electron chi connectivity index (χ3n) is 2.71. The number of pyridine rings is 1. The van der Waals surface area contributed by atoms with Gasteiger partial charge in [-0.25, -0.2) is 9.78 Å². The molecule has 0 radical (unpaired) electrons. The Balaban J connectivity index is 2.21. The molecule has 0 spiro atoms. The predicted molar refractivity (Wildman–Crippen MR) is 76.4 cm³/mol. The normalized spacial score (nSPS) is 9.95. The lowest BCUT2D eigenvalue weighted by Gasteiger charge is -2.13. The van der Waals surface area contributed by atoms with E-state index in [1.54, 1.807) is 12.1 Å². The van der Waals surface area contributed by atoms with E-state index in [0.717, 1.165) is 5.69 Å². The minimum atomic E-state index is -0.417. The van der Waals surface area contributed by atoms with Crippen molar-refractivity contribution < 1.29 is 14.3 Å². The van der Waals surface area contributed by atoms with Gasteiger partial charge < -0.3 is 14.4 Å². The summed E-state index contributed by atoms with van der Waals surface area (Å²) in [7, 11) is 5.24. The van der Waals surface area contributed by atoms with Crippen molar-refractivity contribution in [2.75, 3.05) is 26.1 Å². The fraction of sp³-hybridized carbons (Fsp3) is 0.200. The minimum absolute atomic E-state index is 0.351. The molecule has 104 valence electrons. The molecule has 2 aromatic rings. The van der Waals surface area contributed by atoms with Crippen LogP contribution in [0.2, 0.25) is 0 Å². The van der Waals surface area contributed by atoms with Crippen LogP contribution in [-0.2, 0) is 4.74 Å². The van der Waals surface area contributed by atoms with Crippen LogP contribution < -0.4 is 9.64 Å². The molecule has 5 heteroatoms. The average Bonchev–Trinajstić information content (AvgIpc) is 2.47. The molecule has 1 heterocycles. The molecule has 0 saturated heterocycles. The summed E-state index contributed by atoms with van der Waals surface area (Å²) in [6, 6.07) is 10.7. The van der Waals surface area contributed by atoms with E-state index in [1.807, 2.05) is 43.3 Å². The Morgan fingerprint density at radius 1 is 1.20 bits per heavy atom. The summed E-state index contributed by atoms with van der Waals surface area (Å²) in [6.07, 6.45) is 1.51. The van der Waals surface area contributed by atoms with E-state index in [2.05, 4.69) is 9.72 Å². The number of anilines is 1. The van der Waals surface area contributed by atoms with E-state index in [1.165, 1.54) is 13.3 Å². The molecule has 0 aliphatic heterocycles. The molecular formula is C15H16N2O3. The van der Waals surface area contributed by atoms with Gasteiger partial charge in [0.1, 0.15) is 5.75 Å². The molecule has 2 rings (SSSR count). The summed E-state index contributed by atoms with van der Waals surface area (Å²) in [4.78, 5) is 17.5. The van der Waals surface area contributed by atoms with Crippen molar-refractivity contribution in [3.63, 3.8) is 0 Å². The molecule has 1 aromatic carbocycles. The van der Waals surface area contributed by atoms with Crippen molar-refractivity contribution in [3.8, 4) is 11.6 Å². The van der Waals surface area contributed by atoms with Gasteiger partial charge in [0.25, 0.3) is 0 Å². The highest BCUT2D eigenvalue weighted by Crippen LogP contribution is 2.24. The standard InChI is InChI=1S/C15H16N2O3/c1-17(2)12-5-4-6-13(10-12)20-14-9-11(7-8-16-14)15(18)19-3/h4-10H,1-3H3. The van der Waals surface area contributed by atoms with Crippen LogP contribution in [0.25, 0.3) is 0 Å². The van der Waals surface area contributed by atoms with Gasteiger partial charge in [0.05, 0.1) is 12.7 Å². The lowest BCUT2D eigenvalue weighted by molar-refractivity contribution is 0.0600. The van der Waals surface area contributed by atoms with Crippen LogP contribution in [0, 0.1) is 0 Å². The Morgan fingerprint density at radius 2 is 2.00 bits per heavy atom. The summed E-state index contributed by atoms with van der Waals surface area (Å²) in [5.74, 6) is 0.591. The molecule has 20 heavy (non-hydrogen) atoms. The summed E-state index contributed by atoms with van der Waals surface area (Å²) in [5.41, 5.74) is 1.42. The molecule has 0 fully saturated rings. The largest absolute Gasteiger partial charge is 0.465 e. The van der Waals surface area contributed by atoms with Gasteiger partial charge in [0.2, 0.25) is 5.88 Å². The number of benzene rings is 1. The van der Waals surface area contributed by atoms with E-state index in [4.69, 9.17) is 4.74 Å². The second-order valence-electron chi connectivity index (χ2n) is 4.37. The fourth-order valence-electron chi connectivity index (χ4n) is 1.66. The second kappa shape index (κ2) is 6.06. The monoisotopic (exact) mass is 272 g/mol. The lowest BCUT2D eigenvalue weighted by atomic mass is 10.2. The molecule has 0 aliphatic carbocycles. The average molecular weight is 272 g/mol. The maximum absolute atomic E-state index is 11.4. The first-order chi connectivity index (χ1) is 9.60. The number of ether oxygens (including phenoxy) is 2. The van der Waals surface area contributed by atoms with Gasteiger partial charge in [-0.2, -0.15) is 0 Å². The molecule has 1 aromatic heterocycles. The first kappa shape index (κ1) is 13.9. The predicted octanol–water partition coefficient (Wildman–Crippen LogP) is 2.73. The van der Waals surface area contributed by atoms with Crippen molar-refractivity contribution in [3.05, 3.63) is 48.2 Å². The van der Waals surface area contributed by atoms with Gasteiger partial charge >= 0.3 is 5.97 Å². The second-order valence-corrected chi connectivity index (χ2v) is 4.37. The minimum Gasteiger partial charge on any atom is -0.465 e. The maximum atomic E-state index is 11.4. The lowest BCUT2D eigenvalue weighted by Crippen LogP contribution is -2.08. The van der Waals surface area contributed by atoms with Crippen LogP contribution in [0.3, 0.4) is 0 Å². The summed E-state index contributed by atoms with van der Waals surface area (Å²) in [6.45, 7) is 0. The Morgan fingerprint density at radius 3 is 2.70 bits per heavy atom. The smallest absolute Gasteiger partial charge is 0.338 e. The molecule has 0 N–H and O–H groups in total. The maximum Gasteiger partial charge on any atom is 0.338 e. The molecule has 0 bridgehead atoms. The zero-order valence-electron chi connectivity index (χ0n) is 11.7. The number of hydrogen-bond acceptors (Lipinski definition) is 5. The van der Waals surface area contributed by atoms with Gasteiger partial charge in [0.15, 0.2) is 0 Å². The Labute approximate surface area is 117 Å². The van der Waals surface area contributed by atoms with E-state index < -0.39 is 5.97 Å². The van der Waals surface area contributed by atoms with Crippen molar-refractivity contribution in [1.82, 2.24) is 4.98 Å². The molecule has 5 nitrogen and oxygen atoms in total. The number of methoxy groups -OCH3 is 1. The van der Waals surface area contributed by atoms with Crippen LogP contribution in [0.1, 0.15) is 10.4 Å². The first-order valence-electron chi connectivity index (χ1n) is 6.10. The number of hydrogen-bond donors (Lipinski definition) is 0. The van der Waals surface area contributed by atoms with Gasteiger partial charge in [0, 0.05) is 38.1 Å². The summed E-state index contributed by atoms with van der Waals surface area (Å²) in [5, 5.41) is 0. The Bertz CT molecular complexity index is 612. The highest BCUT2D eigenvalue weighted by Gasteiger charge is 2.08. The molecule has 0 aliphatic rings. The van der Waals surface area contributed by atoms with E-state index in [0.29, 0.717) is 17.2 Å². The number of rotatable bonds is 4. The van der Waals surface area contributed by atoms with Crippen molar-refractivity contribution in [2.45, 2.75) is 0 Å². The molecule has 0 amide bonds. The van der Waals surface area contributed by atoms with Crippen molar-refractivity contribution in [2.24, 2.45) is 0 Å². The molecule has 0 saturated carbocycles. The van der Waals surface area contributed by atoms with Gasteiger partial charge in [-0.1, -0.05) is 6.07 Å². The van der Waals surface area contributed by atoms with Gasteiger partial charge in [-0.15, -0.1) is 0 Å². The molecule has 0 atom stereocenters. The van der Waals surface area contributed by atoms with Crippen LogP contribution in [-0.4, -0.2) is 32.2 Å². The van der Waals surface area contributed by atoms with Crippen LogP contribution in [0.4, 0.5) is 5.69 Å². The fourth-order valence-corrected chi connectivity index (χ4v) is 1.66. The topological polar surface area (TPSA) is 51.7 Å². The third kappa shape index (κ3) is 3.26. The molecule has 0 unspecified atom stereocenters. The highest BCUT2D eigenvalue weighted by molar-refractivity contribution is 5.89.